The molecule has 7 nitrogen and oxygen atoms in total. The van der Waals surface area contributed by atoms with E-state index in [4.69, 9.17) is 9.47 Å². The summed E-state index contributed by atoms with van der Waals surface area (Å²) in [5, 5.41) is 5.30. The molecule has 0 spiro atoms. The highest BCUT2D eigenvalue weighted by molar-refractivity contribution is 5.90. The zero-order valence-electron chi connectivity index (χ0n) is 12.7. The van der Waals surface area contributed by atoms with E-state index in [0.29, 0.717) is 26.3 Å². The maximum atomic E-state index is 12.7. The molecular formula is C16H19N3O4. The van der Waals surface area contributed by atoms with Gasteiger partial charge in [0.25, 0.3) is 0 Å². The number of hydrogen-bond donors (Lipinski definition) is 2. The van der Waals surface area contributed by atoms with E-state index in [-0.39, 0.29) is 18.0 Å². The largest absolute Gasteiger partial charge is 0.486 e. The molecule has 0 bridgehead atoms. The third kappa shape index (κ3) is 2.56. The Morgan fingerprint density at radius 3 is 2.83 bits per heavy atom. The molecule has 1 aromatic carbocycles. The first-order valence-electron chi connectivity index (χ1n) is 7.97. The lowest BCUT2D eigenvalue weighted by atomic mass is 10.0. The number of hydrogen-bond acceptors (Lipinski definition) is 4. The fourth-order valence-electron chi connectivity index (χ4n) is 3.45. The molecule has 0 aromatic heterocycles. The molecule has 2 atom stereocenters. The minimum absolute atomic E-state index is 0.0239. The van der Waals surface area contributed by atoms with Gasteiger partial charge in [-0.15, -0.1) is 0 Å². The normalized spacial score (nSPS) is 25.9. The van der Waals surface area contributed by atoms with Crippen LogP contribution in [-0.2, 0) is 4.79 Å². The fraction of sp³-hybridized carbons (Fsp3) is 0.500. The van der Waals surface area contributed by atoms with Crippen molar-refractivity contribution in [3.05, 3.63) is 23.8 Å². The summed E-state index contributed by atoms with van der Waals surface area (Å²) in [5.41, 5.74) is 1.05. The van der Waals surface area contributed by atoms with E-state index in [0.717, 1.165) is 29.9 Å². The van der Waals surface area contributed by atoms with E-state index in [1.807, 2.05) is 23.1 Å². The minimum atomic E-state index is -0.472. The second kappa shape index (κ2) is 5.64. The molecule has 2 fully saturated rings. The average molecular weight is 317 g/mol. The first-order valence-corrected chi connectivity index (χ1v) is 7.97. The molecule has 3 aliphatic rings. The Morgan fingerprint density at radius 2 is 2.04 bits per heavy atom. The summed E-state index contributed by atoms with van der Waals surface area (Å²) in [6.07, 6.45) is 1.87. The monoisotopic (exact) mass is 317 g/mol. The van der Waals surface area contributed by atoms with Gasteiger partial charge in [-0.25, -0.2) is 4.79 Å². The van der Waals surface area contributed by atoms with Crippen molar-refractivity contribution in [3.8, 4) is 11.5 Å². The number of rotatable bonds is 2. The molecule has 0 unspecified atom stereocenters. The smallest absolute Gasteiger partial charge is 0.315 e. The zero-order valence-corrected chi connectivity index (χ0v) is 12.7. The quantitative estimate of drug-likeness (QED) is 0.846. The molecule has 7 heteroatoms. The summed E-state index contributed by atoms with van der Waals surface area (Å²) in [7, 11) is 0. The first kappa shape index (κ1) is 14.2. The number of nitrogens with one attached hydrogen (secondary N) is 2. The maximum absolute atomic E-state index is 12.7. The van der Waals surface area contributed by atoms with Crippen LogP contribution in [0.4, 0.5) is 4.79 Å². The van der Waals surface area contributed by atoms with Crippen LogP contribution in [0.25, 0.3) is 0 Å². The maximum Gasteiger partial charge on any atom is 0.315 e. The number of fused-ring (bicyclic) bond motifs is 1. The van der Waals surface area contributed by atoms with Gasteiger partial charge < -0.3 is 25.0 Å². The molecule has 3 amide bonds. The topological polar surface area (TPSA) is 79.9 Å². The van der Waals surface area contributed by atoms with Crippen molar-refractivity contribution < 1.29 is 19.1 Å². The van der Waals surface area contributed by atoms with E-state index in [1.165, 1.54) is 0 Å². The molecule has 23 heavy (non-hydrogen) atoms. The fourth-order valence-corrected chi connectivity index (χ4v) is 3.45. The van der Waals surface area contributed by atoms with Gasteiger partial charge in [0.2, 0.25) is 5.91 Å². The SMILES string of the molecule is O=C1NC[C@H](C(=O)N2CCC[C@H]2c2ccc3c(c2)OCCO3)N1. The van der Waals surface area contributed by atoms with Gasteiger partial charge in [0.05, 0.1) is 6.04 Å². The van der Waals surface area contributed by atoms with Gasteiger partial charge in [0.1, 0.15) is 19.3 Å². The number of benzene rings is 1. The lowest BCUT2D eigenvalue weighted by molar-refractivity contribution is -0.133. The predicted octanol–water partition coefficient (Wildman–Crippen LogP) is 0.803. The lowest BCUT2D eigenvalue weighted by Gasteiger charge is -2.28. The van der Waals surface area contributed by atoms with E-state index in [1.54, 1.807) is 0 Å². The van der Waals surface area contributed by atoms with Crippen LogP contribution in [0.2, 0.25) is 0 Å². The van der Waals surface area contributed by atoms with E-state index in [2.05, 4.69) is 10.6 Å². The first-order chi connectivity index (χ1) is 11.2. The number of carbonyl (C=O) groups is 2. The summed E-state index contributed by atoms with van der Waals surface area (Å²) in [5.74, 6) is 1.47. The van der Waals surface area contributed by atoms with Crippen LogP contribution in [0, 0.1) is 0 Å². The van der Waals surface area contributed by atoms with Gasteiger partial charge in [-0.05, 0) is 30.5 Å². The summed E-state index contributed by atoms with van der Waals surface area (Å²) in [6.45, 7) is 2.17. The van der Waals surface area contributed by atoms with Gasteiger partial charge in [-0.2, -0.15) is 0 Å². The summed E-state index contributed by atoms with van der Waals surface area (Å²) in [6, 6.07) is 5.14. The average Bonchev–Trinajstić information content (AvgIpc) is 3.23. The molecule has 0 aliphatic carbocycles. The molecule has 0 radical (unpaired) electrons. The van der Waals surface area contributed by atoms with Crippen LogP contribution in [0.3, 0.4) is 0 Å². The lowest BCUT2D eigenvalue weighted by Crippen LogP contribution is -2.45. The number of amides is 3. The summed E-state index contributed by atoms with van der Waals surface area (Å²) >= 11 is 0. The second-order valence-corrected chi connectivity index (χ2v) is 6.00. The summed E-state index contributed by atoms with van der Waals surface area (Å²) < 4.78 is 11.2. The van der Waals surface area contributed by atoms with Crippen molar-refractivity contribution in [2.45, 2.75) is 24.9 Å². The molecular weight excluding hydrogens is 298 g/mol. The Bertz CT molecular complexity index is 648. The Morgan fingerprint density at radius 1 is 1.22 bits per heavy atom. The Labute approximate surface area is 133 Å². The Hall–Kier alpha value is -2.44. The van der Waals surface area contributed by atoms with Gasteiger partial charge in [0.15, 0.2) is 11.5 Å². The van der Waals surface area contributed by atoms with Crippen molar-refractivity contribution in [1.29, 1.82) is 0 Å². The van der Waals surface area contributed by atoms with Crippen LogP contribution < -0.4 is 20.1 Å². The van der Waals surface area contributed by atoms with Gasteiger partial charge in [0, 0.05) is 13.1 Å². The molecule has 1 aromatic rings. The minimum Gasteiger partial charge on any atom is -0.486 e. The molecule has 0 saturated carbocycles. The number of nitrogens with zero attached hydrogens (tertiary/aromatic N) is 1. The van der Waals surface area contributed by atoms with Gasteiger partial charge >= 0.3 is 6.03 Å². The molecule has 4 rings (SSSR count). The highest BCUT2D eigenvalue weighted by atomic mass is 16.6. The Kier molecular flexibility index (Phi) is 3.48. The summed E-state index contributed by atoms with van der Waals surface area (Å²) in [4.78, 5) is 25.8. The predicted molar refractivity (Wildman–Crippen MR) is 81.4 cm³/mol. The molecule has 3 heterocycles. The van der Waals surface area contributed by atoms with Crippen LogP contribution in [-0.4, -0.2) is 49.2 Å². The molecule has 122 valence electrons. The standard InChI is InChI=1S/C16H19N3O4/c20-15(11-9-17-16(21)18-11)19-5-1-2-12(19)10-3-4-13-14(8-10)23-7-6-22-13/h3-4,8,11-12H,1-2,5-7,9H2,(H2,17,18,21)/t11-,12+/m1/s1. The molecule has 2 saturated heterocycles. The van der Waals surface area contributed by atoms with Crippen LogP contribution in [0.15, 0.2) is 18.2 Å². The second-order valence-electron chi connectivity index (χ2n) is 6.00. The number of ether oxygens (including phenoxy) is 2. The third-order valence-corrected chi connectivity index (χ3v) is 4.56. The van der Waals surface area contributed by atoms with Crippen molar-refractivity contribution in [2.24, 2.45) is 0 Å². The van der Waals surface area contributed by atoms with E-state index >= 15 is 0 Å². The number of carbonyl (C=O) groups excluding carboxylic acids is 2. The van der Waals surface area contributed by atoms with Crippen molar-refractivity contribution in [1.82, 2.24) is 15.5 Å². The van der Waals surface area contributed by atoms with Crippen molar-refractivity contribution in [3.63, 3.8) is 0 Å². The third-order valence-electron chi connectivity index (χ3n) is 4.56. The highest BCUT2D eigenvalue weighted by Gasteiger charge is 2.37. The van der Waals surface area contributed by atoms with Crippen molar-refractivity contribution in [2.75, 3.05) is 26.3 Å². The van der Waals surface area contributed by atoms with E-state index < -0.39 is 6.04 Å². The van der Waals surface area contributed by atoms with Crippen molar-refractivity contribution >= 4 is 11.9 Å². The Balaban J connectivity index is 1.55. The van der Waals surface area contributed by atoms with Gasteiger partial charge in [-0.3, -0.25) is 4.79 Å². The number of likely N-dealkylation sites (tertiary alicyclic amines) is 1. The molecule has 2 N–H and O–H groups in total. The van der Waals surface area contributed by atoms with Crippen LogP contribution in [0.5, 0.6) is 11.5 Å². The molecule has 3 aliphatic heterocycles. The van der Waals surface area contributed by atoms with Gasteiger partial charge in [-0.1, -0.05) is 6.07 Å². The van der Waals surface area contributed by atoms with Crippen LogP contribution >= 0.6 is 0 Å². The number of urea groups is 1. The zero-order chi connectivity index (χ0) is 15.8. The van der Waals surface area contributed by atoms with Crippen LogP contribution in [0.1, 0.15) is 24.4 Å². The van der Waals surface area contributed by atoms with E-state index in [9.17, 15) is 9.59 Å². The highest BCUT2D eigenvalue weighted by Crippen LogP contribution is 2.38.